The Hall–Kier alpha value is -1.31. The van der Waals surface area contributed by atoms with Crippen LogP contribution in [0, 0.1) is 11.6 Å². The highest BCUT2D eigenvalue weighted by molar-refractivity contribution is 7.80. The lowest BCUT2D eigenvalue weighted by atomic mass is 10.2. The van der Waals surface area contributed by atoms with Gasteiger partial charge in [-0.1, -0.05) is 12.2 Å². The summed E-state index contributed by atoms with van der Waals surface area (Å²) in [6.07, 6.45) is 0.802. The van der Waals surface area contributed by atoms with E-state index < -0.39 is 11.6 Å². The number of ether oxygens (including phenoxy) is 1. The minimum Gasteiger partial charge on any atom is -0.389 e. The Kier molecular flexibility index (Phi) is 5.84. The number of hydrogen-bond donors (Lipinski definition) is 2. The van der Waals surface area contributed by atoms with E-state index >= 15 is 0 Å². The fourth-order valence-corrected chi connectivity index (χ4v) is 2.34. The van der Waals surface area contributed by atoms with Crippen LogP contribution >= 0.6 is 12.2 Å². The van der Waals surface area contributed by atoms with E-state index in [-0.39, 0.29) is 16.2 Å². The molecule has 1 heterocycles. The number of benzene rings is 1. The molecular formula is C14H19F2N3OS. The normalized spacial score (nSPS) is 15.9. The van der Waals surface area contributed by atoms with Crippen molar-refractivity contribution in [3.8, 4) is 0 Å². The average Bonchev–Trinajstić information content (AvgIpc) is 2.46. The Balaban J connectivity index is 1.84. The first-order valence-electron chi connectivity index (χ1n) is 6.91. The summed E-state index contributed by atoms with van der Waals surface area (Å²) in [6.45, 7) is 4.69. The Labute approximate surface area is 128 Å². The zero-order chi connectivity index (χ0) is 15.2. The number of nitrogens with one attached hydrogen (secondary N) is 1. The van der Waals surface area contributed by atoms with Gasteiger partial charge in [0, 0.05) is 25.2 Å². The predicted molar refractivity (Wildman–Crippen MR) is 82.6 cm³/mol. The molecule has 1 saturated heterocycles. The van der Waals surface area contributed by atoms with E-state index in [0.29, 0.717) is 6.54 Å². The molecule has 1 fully saturated rings. The highest BCUT2D eigenvalue weighted by Gasteiger charge is 2.13. The number of halogens is 2. The van der Waals surface area contributed by atoms with Crippen LogP contribution in [0.25, 0.3) is 0 Å². The van der Waals surface area contributed by atoms with Gasteiger partial charge in [0.2, 0.25) is 0 Å². The van der Waals surface area contributed by atoms with Crippen molar-refractivity contribution in [1.29, 1.82) is 0 Å². The third-order valence-electron chi connectivity index (χ3n) is 3.38. The summed E-state index contributed by atoms with van der Waals surface area (Å²) in [5.74, 6) is -1.35. The van der Waals surface area contributed by atoms with Crippen LogP contribution in [-0.4, -0.2) is 49.3 Å². The summed E-state index contributed by atoms with van der Waals surface area (Å²) >= 11 is 4.71. The fraction of sp³-hybridized carbons (Fsp3) is 0.500. The summed E-state index contributed by atoms with van der Waals surface area (Å²) in [5.41, 5.74) is 5.43. The Morgan fingerprint density at radius 2 is 1.90 bits per heavy atom. The highest BCUT2D eigenvalue weighted by Crippen LogP contribution is 2.20. The molecule has 0 aromatic heterocycles. The maximum absolute atomic E-state index is 13.8. The van der Waals surface area contributed by atoms with Crippen LogP contribution in [-0.2, 0) is 4.74 Å². The van der Waals surface area contributed by atoms with Gasteiger partial charge in [-0.05, 0) is 25.1 Å². The van der Waals surface area contributed by atoms with E-state index in [2.05, 4.69) is 10.2 Å². The summed E-state index contributed by atoms with van der Waals surface area (Å²) < 4.78 is 32.9. The zero-order valence-electron chi connectivity index (χ0n) is 11.7. The Morgan fingerprint density at radius 3 is 2.48 bits per heavy atom. The molecular weight excluding hydrogens is 296 g/mol. The van der Waals surface area contributed by atoms with Crippen LogP contribution in [0.2, 0.25) is 0 Å². The van der Waals surface area contributed by atoms with Gasteiger partial charge >= 0.3 is 0 Å². The first kappa shape index (κ1) is 16.1. The van der Waals surface area contributed by atoms with Gasteiger partial charge in [-0.15, -0.1) is 0 Å². The van der Waals surface area contributed by atoms with E-state index in [0.717, 1.165) is 51.4 Å². The Bertz CT molecular complexity index is 484. The molecule has 0 aliphatic carbocycles. The summed E-state index contributed by atoms with van der Waals surface area (Å²) in [6, 6.07) is 2.30. The SMILES string of the molecule is NC(=S)c1cc(F)c(NCCCN2CCOCC2)c(F)c1. The number of nitrogens with zero attached hydrogens (tertiary/aromatic N) is 1. The number of rotatable bonds is 6. The number of anilines is 1. The number of nitrogens with two attached hydrogens (primary N) is 1. The molecule has 0 atom stereocenters. The second kappa shape index (κ2) is 7.63. The molecule has 116 valence electrons. The lowest BCUT2D eigenvalue weighted by Crippen LogP contribution is -2.37. The molecule has 4 nitrogen and oxygen atoms in total. The number of thiocarbonyl (C=S) groups is 1. The van der Waals surface area contributed by atoms with E-state index in [1.165, 1.54) is 0 Å². The predicted octanol–water partition coefficient (Wildman–Crippen LogP) is 1.73. The lowest BCUT2D eigenvalue weighted by molar-refractivity contribution is 0.0378. The quantitative estimate of drug-likeness (QED) is 0.618. The maximum atomic E-state index is 13.8. The van der Waals surface area contributed by atoms with Crippen molar-refractivity contribution < 1.29 is 13.5 Å². The Morgan fingerprint density at radius 1 is 1.29 bits per heavy atom. The van der Waals surface area contributed by atoms with Crippen LogP contribution in [0.5, 0.6) is 0 Å². The van der Waals surface area contributed by atoms with E-state index in [9.17, 15) is 8.78 Å². The smallest absolute Gasteiger partial charge is 0.150 e. The van der Waals surface area contributed by atoms with Crippen LogP contribution in [0.1, 0.15) is 12.0 Å². The molecule has 1 aromatic rings. The minimum atomic E-state index is -0.677. The van der Waals surface area contributed by atoms with Gasteiger partial charge in [-0.3, -0.25) is 4.90 Å². The van der Waals surface area contributed by atoms with Crippen molar-refractivity contribution in [2.75, 3.05) is 44.7 Å². The third kappa shape index (κ3) is 4.59. The van der Waals surface area contributed by atoms with Gasteiger partial charge in [-0.2, -0.15) is 0 Å². The monoisotopic (exact) mass is 315 g/mol. The molecule has 21 heavy (non-hydrogen) atoms. The van der Waals surface area contributed by atoms with Gasteiger partial charge in [-0.25, -0.2) is 8.78 Å². The van der Waals surface area contributed by atoms with Crippen molar-refractivity contribution in [1.82, 2.24) is 4.90 Å². The van der Waals surface area contributed by atoms with Crippen molar-refractivity contribution in [2.45, 2.75) is 6.42 Å². The molecule has 0 amide bonds. The second-order valence-corrected chi connectivity index (χ2v) is 5.35. The molecule has 1 aliphatic heterocycles. The first-order valence-corrected chi connectivity index (χ1v) is 7.31. The molecule has 0 spiro atoms. The first-order chi connectivity index (χ1) is 10.1. The molecule has 1 aromatic carbocycles. The van der Waals surface area contributed by atoms with Crippen molar-refractivity contribution >= 4 is 22.9 Å². The number of hydrogen-bond acceptors (Lipinski definition) is 4. The maximum Gasteiger partial charge on any atom is 0.150 e. The van der Waals surface area contributed by atoms with Gasteiger partial charge in [0.25, 0.3) is 0 Å². The average molecular weight is 315 g/mol. The minimum absolute atomic E-state index is 0.0216. The lowest BCUT2D eigenvalue weighted by Gasteiger charge is -2.26. The molecule has 0 bridgehead atoms. The summed E-state index contributed by atoms with van der Waals surface area (Å²) in [7, 11) is 0. The number of morpholine rings is 1. The molecule has 7 heteroatoms. The van der Waals surface area contributed by atoms with Crippen LogP contribution in [0.3, 0.4) is 0 Å². The topological polar surface area (TPSA) is 50.5 Å². The van der Waals surface area contributed by atoms with E-state index in [4.69, 9.17) is 22.7 Å². The van der Waals surface area contributed by atoms with Crippen molar-refractivity contribution in [3.05, 3.63) is 29.3 Å². The zero-order valence-corrected chi connectivity index (χ0v) is 12.5. The summed E-state index contributed by atoms with van der Waals surface area (Å²) in [5, 5.41) is 2.79. The third-order valence-corrected chi connectivity index (χ3v) is 3.62. The standard InChI is InChI=1S/C14H19F2N3OS/c15-11-8-10(14(17)21)9-12(16)13(11)18-2-1-3-19-4-6-20-7-5-19/h8-9,18H,1-7H2,(H2,17,21). The van der Waals surface area contributed by atoms with Crippen molar-refractivity contribution in [2.24, 2.45) is 5.73 Å². The van der Waals surface area contributed by atoms with E-state index in [1.54, 1.807) is 0 Å². The van der Waals surface area contributed by atoms with Gasteiger partial charge in [0.15, 0.2) is 0 Å². The van der Waals surface area contributed by atoms with Gasteiger partial charge < -0.3 is 15.8 Å². The fourth-order valence-electron chi connectivity index (χ4n) is 2.23. The van der Waals surface area contributed by atoms with Gasteiger partial charge in [0.1, 0.15) is 22.3 Å². The molecule has 3 N–H and O–H groups in total. The largest absolute Gasteiger partial charge is 0.389 e. The van der Waals surface area contributed by atoms with Crippen LogP contribution in [0.15, 0.2) is 12.1 Å². The molecule has 0 saturated carbocycles. The van der Waals surface area contributed by atoms with Crippen molar-refractivity contribution in [3.63, 3.8) is 0 Å². The van der Waals surface area contributed by atoms with Crippen LogP contribution in [0.4, 0.5) is 14.5 Å². The molecule has 0 radical (unpaired) electrons. The summed E-state index contributed by atoms with van der Waals surface area (Å²) in [4.78, 5) is 2.25. The molecule has 2 rings (SSSR count). The molecule has 1 aliphatic rings. The second-order valence-electron chi connectivity index (χ2n) is 4.91. The van der Waals surface area contributed by atoms with Gasteiger partial charge in [0.05, 0.1) is 13.2 Å². The highest BCUT2D eigenvalue weighted by atomic mass is 32.1. The van der Waals surface area contributed by atoms with Crippen LogP contribution < -0.4 is 11.1 Å². The van der Waals surface area contributed by atoms with E-state index in [1.807, 2.05) is 0 Å². The molecule has 0 unspecified atom stereocenters.